The molecule has 0 radical (unpaired) electrons. The monoisotopic (exact) mass is 414 g/mol. The van der Waals surface area contributed by atoms with E-state index in [1.807, 2.05) is 0 Å². The first-order valence-electron chi connectivity index (χ1n) is 8.49. The number of rotatable bonds is 5. The fourth-order valence-corrected chi connectivity index (χ4v) is 2.89. The van der Waals surface area contributed by atoms with Gasteiger partial charge in [-0.05, 0) is 42.0 Å². The van der Waals surface area contributed by atoms with Gasteiger partial charge in [-0.2, -0.15) is 5.10 Å². The fraction of sp³-hybridized carbons (Fsp3) is 0.0500. The molecular formula is C20H13ClF2N4O2. The van der Waals surface area contributed by atoms with Crippen LogP contribution in [0.3, 0.4) is 0 Å². The molecule has 29 heavy (non-hydrogen) atoms. The standard InChI is InChI=1S/C20H13ClF2N4O2/c21-16-11-27(10-12-2-1-3-15(23)8-12)25-19(16)24-20(28)17-9-18(29-26-17)13-4-6-14(22)7-5-13/h1-9,11H,10H2,(H,24,25,28). The molecule has 0 aliphatic rings. The molecule has 0 atom stereocenters. The highest BCUT2D eigenvalue weighted by molar-refractivity contribution is 6.33. The van der Waals surface area contributed by atoms with Crippen molar-refractivity contribution < 1.29 is 18.1 Å². The van der Waals surface area contributed by atoms with Gasteiger partial charge in [0, 0.05) is 17.8 Å². The summed E-state index contributed by atoms with van der Waals surface area (Å²) >= 11 is 6.14. The second-order valence-electron chi connectivity index (χ2n) is 6.19. The maximum absolute atomic E-state index is 13.3. The zero-order chi connectivity index (χ0) is 20.4. The van der Waals surface area contributed by atoms with Crippen LogP contribution in [0.15, 0.2) is 65.3 Å². The predicted molar refractivity (Wildman–Crippen MR) is 103 cm³/mol. The van der Waals surface area contributed by atoms with Gasteiger partial charge in [-0.25, -0.2) is 8.78 Å². The summed E-state index contributed by atoms with van der Waals surface area (Å²) in [6.07, 6.45) is 1.52. The van der Waals surface area contributed by atoms with Crippen LogP contribution >= 0.6 is 11.6 Å². The number of hydrogen-bond donors (Lipinski definition) is 1. The molecule has 1 N–H and O–H groups in total. The van der Waals surface area contributed by atoms with E-state index in [0.29, 0.717) is 16.9 Å². The molecule has 0 fully saturated rings. The molecule has 2 aromatic heterocycles. The van der Waals surface area contributed by atoms with E-state index in [4.69, 9.17) is 16.1 Å². The number of anilines is 1. The Morgan fingerprint density at radius 2 is 1.90 bits per heavy atom. The maximum Gasteiger partial charge on any atom is 0.279 e. The van der Waals surface area contributed by atoms with Gasteiger partial charge in [0.1, 0.15) is 16.7 Å². The summed E-state index contributed by atoms with van der Waals surface area (Å²) < 4.78 is 33.0. The van der Waals surface area contributed by atoms with E-state index >= 15 is 0 Å². The molecule has 2 aromatic carbocycles. The number of amides is 1. The average molecular weight is 415 g/mol. The van der Waals surface area contributed by atoms with Crippen LogP contribution in [0.4, 0.5) is 14.6 Å². The summed E-state index contributed by atoms with van der Waals surface area (Å²) in [5.41, 5.74) is 1.29. The second-order valence-corrected chi connectivity index (χ2v) is 6.60. The van der Waals surface area contributed by atoms with Gasteiger partial charge in [0.2, 0.25) is 0 Å². The Morgan fingerprint density at radius 1 is 1.10 bits per heavy atom. The van der Waals surface area contributed by atoms with Crippen LogP contribution in [0, 0.1) is 11.6 Å². The highest BCUT2D eigenvalue weighted by Crippen LogP contribution is 2.23. The van der Waals surface area contributed by atoms with Gasteiger partial charge in [0.15, 0.2) is 17.3 Å². The Morgan fingerprint density at radius 3 is 2.66 bits per heavy atom. The molecule has 0 unspecified atom stereocenters. The molecule has 0 spiro atoms. The first-order valence-corrected chi connectivity index (χ1v) is 8.87. The Bertz CT molecular complexity index is 1170. The maximum atomic E-state index is 13.3. The third-order valence-corrected chi connectivity index (χ3v) is 4.33. The van der Waals surface area contributed by atoms with Crippen LogP contribution in [0.25, 0.3) is 11.3 Å². The van der Waals surface area contributed by atoms with E-state index in [2.05, 4.69) is 15.6 Å². The lowest BCUT2D eigenvalue weighted by molar-refractivity contribution is 0.101. The smallest absolute Gasteiger partial charge is 0.279 e. The molecule has 0 bridgehead atoms. The van der Waals surface area contributed by atoms with Crippen LogP contribution in [-0.4, -0.2) is 20.8 Å². The number of carbonyl (C=O) groups is 1. The van der Waals surface area contributed by atoms with E-state index in [9.17, 15) is 13.6 Å². The molecule has 1 amide bonds. The minimum absolute atomic E-state index is 0.0140. The van der Waals surface area contributed by atoms with Gasteiger partial charge in [-0.15, -0.1) is 0 Å². The number of carbonyl (C=O) groups excluding carboxylic acids is 1. The van der Waals surface area contributed by atoms with Gasteiger partial charge in [-0.3, -0.25) is 9.48 Å². The molecular weight excluding hydrogens is 402 g/mol. The van der Waals surface area contributed by atoms with Gasteiger partial charge in [0.25, 0.3) is 5.91 Å². The first kappa shape index (κ1) is 18.8. The normalized spacial score (nSPS) is 10.9. The third-order valence-electron chi connectivity index (χ3n) is 4.05. The zero-order valence-corrected chi connectivity index (χ0v) is 15.5. The molecule has 6 nitrogen and oxygen atoms in total. The molecule has 4 rings (SSSR count). The SMILES string of the molecule is O=C(Nc1nn(Cc2cccc(F)c2)cc1Cl)c1cc(-c2ccc(F)cc2)on1. The lowest BCUT2D eigenvalue weighted by atomic mass is 10.1. The van der Waals surface area contributed by atoms with Crippen molar-refractivity contribution in [3.05, 3.63) is 88.7 Å². The fourth-order valence-electron chi connectivity index (χ4n) is 2.69. The molecule has 0 saturated carbocycles. The van der Waals surface area contributed by atoms with E-state index < -0.39 is 5.91 Å². The topological polar surface area (TPSA) is 73.0 Å². The minimum atomic E-state index is -0.569. The number of benzene rings is 2. The van der Waals surface area contributed by atoms with Crippen molar-refractivity contribution in [3.8, 4) is 11.3 Å². The summed E-state index contributed by atoms with van der Waals surface area (Å²) in [5.74, 6) is -0.843. The molecule has 0 saturated heterocycles. The van der Waals surface area contributed by atoms with E-state index in [0.717, 1.165) is 0 Å². The van der Waals surface area contributed by atoms with Gasteiger partial charge >= 0.3 is 0 Å². The lowest BCUT2D eigenvalue weighted by Crippen LogP contribution is -2.13. The zero-order valence-electron chi connectivity index (χ0n) is 14.8. The molecule has 4 aromatic rings. The summed E-state index contributed by atoms with van der Waals surface area (Å²) in [5, 5.41) is 10.7. The van der Waals surface area contributed by atoms with E-state index in [1.54, 1.807) is 12.1 Å². The van der Waals surface area contributed by atoms with Crippen LogP contribution in [0.2, 0.25) is 5.02 Å². The van der Waals surface area contributed by atoms with Gasteiger partial charge in [0.05, 0.1) is 6.54 Å². The summed E-state index contributed by atoms with van der Waals surface area (Å²) in [7, 11) is 0. The first-order chi connectivity index (χ1) is 14.0. The molecule has 2 heterocycles. The summed E-state index contributed by atoms with van der Waals surface area (Å²) in [6, 6.07) is 13.1. The summed E-state index contributed by atoms with van der Waals surface area (Å²) in [4.78, 5) is 12.4. The Hall–Kier alpha value is -3.52. The van der Waals surface area contributed by atoms with Crippen LogP contribution in [0.1, 0.15) is 16.1 Å². The number of aromatic nitrogens is 3. The van der Waals surface area contributed by atoms with E-state index in [1.165, 1.54) is 53.3 Å². The Balaban J connectivity index is 1.47. The average Bonchev–Trinajstić information content (AvgIpc) is 3.30. The quantitative estimate of drug-likeness (QED) is 0.510. The van der Waals surface area contributed by atoms with Crippen molar-refractivity contribution in [1.29, 1.82) is 0 Å². The van der Waals surface area contributed by atoms with Crippen molar-refractivity contribution in [2.45, 2.75) is 6.54 Å². The third kappa shape index (κ3) is 4.33. The number of hydrogen-bond acceptors (Lipinski definition) is 4. The molecule has 0 aliphatic carbocycles. The largest absolute Gasteiger partial charge is 0.355 e. The molecule has 146 valence electrons. The summed E-state index contributed by atoms with van der Waals surface area (Å²) in [6.45, 7) is 0.284. The van der Waals surface area contributed by atoms with Crippen LogP contribution in [0.5, 0.6) is 0 Å². The highest BCUT2D eigenvalue weighted by Gasteiger charge is 2.17. The van der Waals surface area contributed by atoms with Crippen molar-refractivity contribution in [2.24, 2.45) is 0 Å². The second kappa shape index (κ2) is 7.84. The van der Waals surface area contributed by atoms with Gasteiger partial charge in [-0.1, -0.05) is 28.9 Å². The van der Waals surface area contributed by atoms with Crippen LogP contribution < -0.4 is 5.32 Å². The minimum Gasteiger partial charge on any atom is -0.355 e. The predicted octanol–water partition coefficient (Wildman–Crippen LogP) is 4.77. The van der Waals surface area contributed by atoms with Crippen molar-refractivity contribution in [2.75, 3.05) is 5.32 Å². The number of nitrogens with one attached hydrogen (secondary N) is 1. The van der Waals surface area contributed by atoms with Crippen molar-refractivity contribution in [3.63, 3.8) is 0 Å². The molecule has 0 aliphatic heterocycles. The number of halogens is 3. The highest BCUT2D eigenvalue weighted by atomic mass is 35.5. The van der Waals surface area contributed by atoms with Gasteiger partial charge < -0.3 is 9.84 Å². The van der Waals surface area contributed by atoms with Crippen molar-refractivity contribution in [1.82, 2.24) is 14.9 Å². The Labute approximate surface area is 168 Å². The Kier molecular flexibility index (Phi) is 5.09. The number of nitrogens with zero attached hydrogens (tertiary/aromatic N) is 3. The van der Waals surface area contributed by atoms with Crippen LogP contribution in [-0.2, 0) is 6.54 Å². The lowest BCUT2D eigenvalue weighted by Gasteiger charge is -2.02. The van der Waals surface area contributed by atoms with E-state index in [-0.39, 0.29) is 34.7 Å². The molecule has 9 heteroatoms. The van der Waals surface area contributed by atoms with Crippen molar-refractivity contribution >= 4 is 23.3 Å².